The van der Waals surface area contributed by atoms with Crippen LogP contribution in [0.1, 0.15) is 132 Å². The number of carboxylic acid groups (broad SMARTS) is 2. The number of carbonyl (C=O) groups is 2. The molecule has 0 spiro atoms. The zero-order valence-electron chi connectivity index (χ0n) is 29.2. The van der Waals surface area contributed by atoms with Crippen LogP contribution in [0, 0.1) is 57.2 Å². The largest absolute Gasteiger partial charge is 2.00 e. The molecule has 6 aliphatic rings. The number of hydrogen-bond donors (Lipinski definition) is 0. The molecule has 45 heavy (non-hydrogen) atoms. The van der Waals surface area contributed by atoms with Crippen LogP contribution < -0.4 is 10.2 Å². The van der Waals surface area contributed by atoms with E-state index in [4.69, 9.17) is 0 Å². The summed E-state index contributed by atoms with van der Waals surface area (Å²) in [6, 6.07) is 0. The fourth-order valence-corrected chi connectivity index (χ4v) is 11.2. The molecule has 0 heterocycles. The van der Waals surface area contributed by atoms with Gasteiger partial charge in [-0.3, -0.25) is 0 Å². The van der Waals surface area contributed by atoms with Gasteiger partial charge in [0.2, 0.25) is 0 Å². The van der Waals surface area contributed by atoms with Crippen molar-refractivity contribution in [2.75, 3.05) is 0 Å². The van der Waals surface area contributed by atoms with Gasteiger partial charge in [-0.25, -0.2) is 0 Å². The van der Waals surface area contributed by atoms with Gasteiger partial charge in [-0.2, -0.15) is 0 Å². The maximum Gasteiger partial charge on any atom is 2.00 e. The van der Waals surface area contributed by atoms with Crippen LogP contribution in [0.4, 0.5) is 0 Å². The van der Waals surface area contributed by atoms with E-state index in [0.29, 0.717) is 23.7 Å². The Morgan fingerprint density at radius 1 is 0.667 bits per heavy atom. The standard InChI is InChI=1S/2C20H30O2.Cu/c2*1-13(2)14-6-8-16-15(12-14)7-9-17-19(16,3)10-5-11-20(17,4)18(21)22;/h2*7,12-13,16-17H,5-6,8-11H2,1-4H3,(H,21,22);/q;;+2/p-2/t2*16-,17?,19+,20+;/m00./s1. The van der Waals surface area contributed by atoms with Gasteiger partial charge < -0.3 is 19.8 Å². The summed E-state index contributed by atoms with van der Waals surface area (Å²) in [6.45, 7) is 17.7. The summed E-state index contributed by atoms with van der Waals surface area (Å²) < 4.78 is 0. The summed E-state index contributed by atoms with van der Waals surface area (Å²) in [5, 5.41) is 23.7. The SMILES string of the molecule is CC(C)C1=CC2=CCC3[C@](C)(C(=O)[O-])CCC[C@]3(C)[C@H]2CC1.CC(C)C1=CC2=CCC3[C@](C)(C(=O)[O-])CCC[C@]3(C)[C@H]2CC1.[Cu+2]. The van der Waals surface area contributed by atoms with Gasteiger partial charge in [-0.15, -0.1) is 0 Å². The molecule has 1 radical (unpaired) electrons. The number of allylic oxidation sites excluding steroid dienone is 8. The molecule has 6 rings (SSSR count). The second-order valence-electron chi connectivity index (χ2n) is 17.0. The van der Waals surface area contributed by atoms with E-state index in [0.717, 1.165) is 51.4 Å². The van der Waals surface area contributed by atoms with Crippen molar-refractivity contribution >= 4 is 11.9 Å². The Morgan fingerprint density at radius 3 is 1.33 bits per heavy atom. The summed E-state index contributed by atoms with van der Waals surface area (Å²) in [5.41, 5.74) is 5.01. The van der Waals surface area contributed by atoms with Crippen LogP contribution in [0.15, 0.2) is 46.6 Å². The molecule has 0 amide bonds. The minimum Gasteiger partial charge on any atom is -0.550 e. The summed E-state index contributed by atoms with van der Waals surface area (Å²) in [6.07, 6.45) is 21.9. The van der Waals surface area contributed by atoms with Crippen LogP contribution in [-0.2, 0) is 26.7 Å². The Balaban J connectivity index is 0.000000200. The number of aliphatic carboxylic acids is 2. The molecular weight excluding hydrogens is 608 g/mol. The smallest absolute Gasteiger partial charge is 0.550 e. The maximum atomic E-state index is 11.8. The van der Waals surface area contributed by atoms with Crippen molar-refractivity contribution in [3.63, 3.8) is 0 Å². The van der Waals surface area contributed by atoms with Gasteiger partial charge in [0.1, 0.15) is 0 Å². The van der Waals surface area contributed by atoms with Gasteiger partial charge in [0, 0.05) is 22.8 Å². The molecule has 0 bridgehead atoms. The van der Waals surface area contributed by atoms with Crippen molar-refractivity contribution < 1.29 is 36.9 Å². The molecule has 6 aliphatic carbocycles. The summed E-state index contributed by atoms with van der Waals surface area (Å²) in [7, 11) is 0. The molecular formula is C40H58CuO4. The third-order valence-corrected chi connectivity index (χ3v) is 14.1. The van der Waals surface area contributed by atoms with Crippen molar-refractivity contribution in [2.24, 2.45) is 57.2 Å². The molecule has 0 aromatic heterocycles. The van der Waals surface area contributed by atoms with Crippen LogP contribution in [0.5, 0.6) is 0 Å². The van der Waals surface area contributed by atoms with E-state index in [2.05, 4.69) is 65.8 Å². The molecule has 2 fully saturated rings. The molecule has 0 aliphatic heterocycles. The number of hydrogen-bond acceptors (Lipinski definition) is 4. The molecule has 0 N–H and O–H groups in total. The minimum atomic E-state index is -0.838. The van der Waals surface area contributed by atoms with Crippen LogP contribution in [-0.4, -0.2) is 11.9 Å². The first-order chi connectivity index (χ1) is 20.6. The van der Waals surface area contributed by atoms with Gasteiger partial charge in [0.15, 0.2) is 0 Å². The summed E-state index contributed by atoms with van der Waals surface area (Å²) in [5.74, 6) is 1.08. The average molecular weight is 666 g/mol. The van der Waals surface area contributed by atoms with Crippen molar-refractivity contribution in [2.45, 2.75) is 132 Å². The van der Waals surface area contributed by atoms with E-state index in [1.54, 1.807) is 11.1 Å². The first-order valence-electron chi connectivity index (χ1n) is 17.8. The predicted octanol–water partition coefficient (Wildman–Crippen LogP) is 7.74. The molecule has 253 valence electrons. The van der Waals surface area contributed by atoms with E-state index in [1.807, 2.05) is 13.8 Å². The third-order valence-electron chi connectivity index (χ3n) is 14.1. The van der Waals surface area contributed by atoms with Crippen LogP contribution in [0.2, 0.25) is 0 Å². The first kappa shape index (κ1) is 36.3. The number of fused-ring (bicyclic) bond motifs is 6. The number of rotatable bonds is 4. The Bertz CT molecular complexity index is 1190. The fourth-order valence-electron chi connectivity index (χ4n) is 11.2. The zero-order chi connectivity index (χ0) is 32.2. The molecule has 2 saturated carbocycles. The Morgan fingerprint density at radius 2 is 1.02 bits per heavy atom. The predicted molar refractivity (Wildman–Crippen MR) is 174 cm³/mol. The Labute approximate surface area is 284 Å². The van der Waals surface area contributed by atoms with E-state index < -0.39 is 22.8 Å². The fraction of sp³-hybridized carbons (Fsp3) is 0.750. The number of carboxylic acids is 2. The maximum absolute atomic E-state index is 11.8. The van der Waals surface area contributed by atoms with Crippen molar-refractivity contribution in [1.29, 1.82) is 0 Å². The van der Waals surface area contributed by atoms with Crippen LogP contribution in [0.3, 0.4) is 0 Å². The average Bonchev–Trinajstić information content (AvgIpc) is 2.96. The Hall–Kier alpha value is -1.58. The van der Waals surface area contributed by atoms with E-state index in [-0.39, 0.29) is 39.7 Å². The van der Waals surface area contributed by atoms with E-state index in [1.165, 1.54) is 36.8 Å². The Kier molecular flexibility index (Phi) is 10.6. The molecule has 8 atom stereocenters. The van der Waals surface area contributed by atoms with E-state index in [9.17, 15) is 19.8 Å². The molecule has 2 unspecified atom stereocenters. The van der Waals surface area contributed by atoms with Gasteiger partial charge in [0.05, 0.1) is 0 Å². The van der Waals surface area contributed by atoms with Gasteiger partial charge in [-0.05, 0) is 122 Å². The van der Waals surface area contributed by atoms with Gasteiger partial charge >= 0.3 is 17.1 Å². The molecule has 5 heteroatoms. The van der Waals surface area contributed by atoms with Crippen LogP contribution in [0.25, 0.3) is 0 Å². The van der Waals surface area contributed by atoms with E-state index >= 15 is 0 Å². The topological polar surface area (TPSA) is 80.3 Å². The second-order valence-corrected chi connectivity index (χ2v) is 17.0. The van der Waals surface area contributed by atoms with Crippen molar-refractivity contribution in [3.8, 4) is 0 Å². The molecule has 4 nitrogen and oxygen atoms in total. The van der Waals surface area contributed by atoms with Crippen molar-refractivity contribution in [3.05, 3.63) is 46.6 Å². The molecule has 0 aromatic carbocycles. The summed E-state index contributed by atoms with van der Waals surface area (Å²) >= 11 is 0. The normalized spacial score (nSPS) is 40.4. The van der Waals surface area contributed by atoms with Crippen molar-refractivity contribution in [1.82, 2.24) is 0 Å². The molecule has 0 saturated heterocycles. The van der Waals surface area contributed by atoms with Gasteiger partial charge in [0.25, 0.3) is 0 Å². The minimum absolute atomic E-state index is 0. The monoisotopic (exact) mass is 665 g/mol. The number of carbonyl (C=O) groups excluding carboxylic acids is 2. The van der Waals surface area contributed by atoms with Gasteiger partial charge in [-0.1, -0.05) is 104 Å². The van der Waals surface area contributed by atoms with Crippen LogP contribution >= 0.6 is 0 Å². The second kappa shape index (κ2) is 13.1. The third kappa shape index (κ3) is 6.12. The zero-order valence-corrected chi connectivity index (χ0v) is 30.1. The molecule has 0 aromatic rings. The quantitative estimate of drug-likeness (QED) is 0.288. The first-order valence-corrected chi connectivity index (χ1v) is 17.8. The summed E-state index contributed by atoms with van der Waals surface area (Å²) in [4.78, 5) is 23.7.